The zero-order valence-electron chi connectivity index (χ0n) is 9.52. The average molecular weight is 229 g/mol. The van der Waals surface area contributed by atoms with Crippen LogP contribution in [0.4, 0.5) is 0 Å². The van der Waals surface area contributed by atoms with Gasteiger partial charge in [-0.2, -0.15) is 0 Å². The summed E-state index contributed by atoms with van der Waals surface area (Å²) in [5.74, 6) is -0.945. The highest BCUT2D eigenvalue weighted by molar-refractivity contribution is 6.07. The van der Waals surface area contributed by atoms with Crippen molar-refractivity contribution in [3.8, 4) is 0 Å². The zero-order valence-corrected chi connectivity index (χ0v) is 9.52. The lowest BCUT2D eigenvalue weighted by molar-refractivity contribution is 0.0687. The third kappa shape index (κ3) is 1.21. The van der Waals surface area contributed by atoms with Crippen LogP contribution < -0.4 is 0 Å². The number of benzene rings is 1. The molecule has 4 nitrogen and oxygen atoms in total. The molecule has 0 saturated heterocycles. The quantitative estimate of drug-likeness (QED) is 0.698. The fraction of sp³-hybridized carbons (Fsp3) is 0.154. The maximum Gasteiger partial charge on any atom is 0.352 e. The van der Waals surface area contributed by atoms with Crippen LogP contribution in [0.5, 0.6) is 0 Å². The lowest BCUT2D eigenvalue weighted by Crippen LogP contribution is -2.03. The molecule has 2 heterocycles. The summed E-state index contributed by atoms with van der Waals surface area (Å²) in [5.41, 5.74) is 3.57. The van der Waals surface area contributed by atoms with Crippen LogP contribution in [0.2, 0.25) is 0 Å². The number of aromatic carboxylic acids is 1. The van der Waals surface area contributed by atoms with E-state index in [1.54, 1.807) is 17.7 Å². The van der Waals surface area contributed by atoms with E-state index in [0.29, 0.717) is 5.58 Å². The van der Waals surface area contributed by atoms with E-state index in [-0.39, 0.29) is 5.69 Å². The number of nitrogens with zero attached hydrogens (tertiary/aromatic N) is 1. The molecule has 0 saturated carbocycles. The molecule has 0 amide bonds. The molecule has 2 aromatic heterocycles. The smallest absolute Gasteiger partial charge is 0.352 e. The molecule has 0 bridgehead atoms. The molecular formula is C13H11NO3. The van der Waals surface area contributed by atoms with Crippen LogP contribution >= 0.6 is 0 Å². The largest absolute Gasteiger partial charge is 0.477 e. The number of hydrogen-bond donors (Lipinski definition) is 1. The summed E-state index contributed by atoms with van der Waals surface area (Å²) >= 11 is 0. The number of para-hydroxylation sites is 1. The van der Waals surface area contributed by atoms with Crippen LogP contribution in [-0.4, -0.2) is 15.6 Å². The van der Waals surface area contributed by atoms with Gasteiger partial charge in [0.15, 0.2) is 5.58 Å². The van der Waals surface area contributed by atoms with Crippen LogP contribution in [0.3, 0.4) is 0 Å². The van der Waals surface area contributed by atoms with Crippen molar-refractivity contribution >= 4 is 28.0 Å². The van der Waals surface area contributed by atoms with Crippen LogP contribution in [0, 0.1) is 6.92 Å². The normalized spacial score (nSPS) is 11.4. The van der Waals surface area contributed by atoms with E-state index in [2.05, 4.69) is 0 Å². The van der Waals surface area contributed by atoms with Crippen molar-refractivity contribution in [2.45, 2.75) is 6.92 Å². The minimum absolute atomic E-state index is 0.238. The molecule has 0 fully saturated rings. The highest BCUT2D eigenvalue weighted by Gasteiger charge is 2.18. The van der Waals surface area contributed by atoms with Crippen LogP contribution in [0.1, 0.15) is 16.1 Å². The third-order valence-electron chi connectivity index (χ3n) is 3.10. The molecule has 17 heavy (non-hydrogen) atoms. The van der Waals surface area contributed by atoms with Gasteiger partial charge < -0.3 is 14.1 Å². The van der Waals surface area contributed by atoms with E-state index in [1.807, 2.05) is 25.1 Å². The first-order valence-electron chi connectivity index (χ1n) is 5.30. The van der Waals surface area contributed by atoms with Crippen LogP contribution in [-0.2, 0) is 7.05 Å². The predicted molar refractivity (Wildman–Crippen MR) is 64.4 cm³/mol. The molecule has 1 aromatic carbocycles. The molecule has 3 rings (SSSR count). The second-order valence-corrected chi connectivity index (χ2v) is 4.16. The number of fused-ring (bicyclic) bond motifs is 3. The lowest BCUT2D eigenvalue weighted by atomic mass is 10.2. The molecule has 1 N–H and O–H groups in total. The van der Waals surface area contributed by atoms with E-state index in [4.69, 9.17) is 9.52 Å². The molecule has 0 atom stereocenters. The Morgan fingerprint density at radius 1 is 1.41 bits per heavy atom. The van der Waals surface area contributed by atoms with E-state index in [9.17, 15) is 4.79 Å². The predicted octanol–water partition coefficient (Wildman–Crippen LogP) is 2.93. The highest BCUT2D eigenvalue weighted by Crippen LogP contribution is 2.32. The number of carboxylic acid groups (broad SMARTS) is 1. The summed E-state index contributed by atoms with van der Waals surface area (Å²) in [6.45, 7) is 1.98. The standard InChI is InChI=1S/C13H11NO3/c1-7-4-3-5-8-11-10(17-12(7)8)6-9(13(15)16)14(11)2/h3-6H,1-2H3,(H,15,16). The topological polar surface area (TPSA) is 55.4 Å². The molecule has 0 unspecified atom stereocenters. The minimum atomic E-state index is -0.945. The van der Waals surface area contributed by atoms with Crippen LogP contribution in [0.15, 0.2) is 28.7 Å². The highest BCUT2D eigenvalue weighted by atomic mass is 16.4. The Balaban J connectivity index is 2.50. The Hall–Kier alpha value is -2.23. The number of furan rings is 1. The number of carboxylic acids is 1. The maximum absolute atomic E-state index is 11.0. The summed E-state index contributed by atoms with van der Waals surface area (Å²) in [6, 6.07) is 7.43. The van der Waals surface area contributed by atoms with Gasteiger partial charge in [0.2, 0.25) is 0 Å². The first-order chi connectivity index (χ1) is 8.09. The molecule has 0 aliphatic rings. The Kier molecular flexibility index (Phi) is 1.84. The summed E-state index contributed by atoms with van der Waals surface area (Å²) in [6.07, 6.45) is 0. The second-order valence-electron chi connectivity index (χ2n) is 4.16. The Morgan fingerprint density at radius 3 is 2.88 bits per heavy atom. The SMILES string of the molecule is Cc1cccc2c1oc1cc(C(=O)O)n(C)c12. The monoisotopic (exact) mass is 229 g/mol. The van der Waals surface area contributed by atoms with Crippen LogP contribution in [0.25, 0.3) is 22.1 Å². The number of rotatable bonds is 1. The van der Waals surface area contributed by atoms with E-state index >= 15 is 0 Å². The summed E-state index contributed by atoms with van der Waals surface area (Å²) < 4.78 is 7.37. The molecule has 0 spiro atoms. The Bertz CT molecular complexity index is 749. The third-order valence-corrected chi connectivity index (χ3v) is 3.10. The molecule has 4 heteroatoms. The van der Waals surface area contributed by atoms with Gasteiger partial charge in [-0.05, 0) is 18.6 Å². The van der Waals surface area contributed by atoms with Crippen molar-refractivity contribution in [1.82, 2.24) is 4.57 Å². The fourth-order valence-electron chi connectivity index (χ4n) is 2.26. The molecule has 0 radical (unpaired) electrons. The van der Waals surface area contributed by atoms with Crippen molar-refractivity contribution in [3.63, 3.8) is 0 Å². The number of aromatic nitrogens is 1. The van der Waals surface area contributed by atoms with Gasteiger partial charge in [-0.25, -0.2) is 4.79 Å². The van der Waals surface area contributed by atoms with E-state index in [0.717, 1.165) is 22.0 Å². The van der Waals surface area contributed by atoms with Gasteiger partial charge in [-0.3, -0.25) is 0 Å². The number of carbonyl (C=O) groups is 1. The maximum atomic E-state index is 11.0. The van der Waals surface area contributed by atoms with Crippen molar-refractivity contribution in [1.29, 1.82) is 0 Å². The van der Waals surface area contributed by atoms with Gasteiger partial charge in [0, 0.05) is 18.5 Å². The molecule has 0 aliphatic carbocycles. The number of aryl methyl sites for hydroxylation is 2. The minimum Gasteiger partial charge on any atom is -0.477 e. The molecule has 3 aromatic rings. The average Bonchev–Trinajstić information content (AvgIpc) is 2.78. The van der Waals surface area contributed by atoms with Crippen molar-refractivity contribution < 1.29 is 14.3 Å². The lowest BCUT2D eigenvalue weighted by Gasteiger charge is -1.99. The Labute approximate surface area is 97.1 Å². The van der Waals surface area contributed by atoms with Gasteiger partial charge in [0.1, 0.15) is 11.3 Å². The summed E-state index contributed by atoms with van der Waals surface area (Å²) in [4.78, 5) is 11.0. The molecule has 0 aliphatic heterocycles. The van der Waals surface area contributed by atoms with Crippen molar-refractivity contribution in [3.05, 3.63) is 35.5 Å². The van der Waals surface area contributed by atoms with Crippen molar-refractivity contribution in [2.24, 2.45) is 7.05 Å². The second kappa shape index (κ2) is 3.13. The zero-order chi connectivity index (χ0) is 12.2. The van der Waals surface area contributed by atoms with Gasteiger partial charge in [-0.15, -0.1) is 0 Å². The molecular weight excluding hydrogens is 218 g/mol. The molecule has 86 valence electrons. The van der Waals surface area contributed by atoms with E-state index < -0.39 is 5.97 Å². The summed E-state index contributed by atoms with van der Waals surface area (Å²) in [7, 11) is 1.74. The van der Waals surface area contributed by atoms with Gasteiger partial charge in [-0.1, -0.05) is 12.1 Å². The van der Waals surface area contributed by atoms with Gasteiger partial charge in [0.25, 0.3) is 0 Å². The first-order valence-corrected chi connectivity index (χ1v) is 5.30. The Morgan fingerprint density at radius 2 is 2.18 bits per heavy atom. The van der Waals surface area contributed by atoms with Gasteiger partial charge in [0.05, 0.1) is 5.52 Å². The fourth-order valence-corrected chi connectivity index (χ4v) is 2.26. The first kappa shape index (κ1) is 9.96. The van der Waals surface area contributed by atoms with E-state index in [1.165, 1.54) is 0 Å². The summed E-state index contributed by atoms with van der Waals surface area (Å²) in [5, 5.41) is 10.0. The van der Waals surface area contributed by atoms with Crippen molar-refractivity contribution in [2.75, 3.05) is 0 Å². The number of hydrogen-bond acceptors (Lipinski definition) is 2. The van der Waals surface area contributed by atoms with Gasteiger partial charge >= 0.3 is 5.97 Å².